The van der Waals surface area contributed by atoms with Gasteiger partial charge in [0.15, 0.2) is 5.82 Å². The van der Waals surface area contributed by atoms with Crippen LogP contribution in [0.4, 0.5) is 0 Å². The molecule has 0 bridgehead atoms. The summed E-state index contributed by atoms with van der Waals surface area (Å²) in [5, 5.41) is 11.2. The lowest BCUT2D eigenvalue weighted by Gasteiger charge is -2.05. The maximum absolute atomic E-state index is 11.9. The summed E-state index contributed by atoms with van der Waals surface area (Å²) in [4.78, 5) is 11.9. The largest absolute Gasteiger partial charge is 0.345 e. The van der Waals surface area contributed by atoms with Crippen LogP contribution in [0.5, 0.6) is 0 Å². The highest BCUT2D eigenvalue weighted by Gasteiger charge is 2.07. The molecular formula is C12H13BrN4O. The lowest BCUT2D eigenvalue weighted by Crippen LogP contribution is -2.24. The van der Waals surface area contributed by atoms with Gasteiger partial charge in [0, 0.05) is 17.9 Å². The van der Waals surface area contributed by atoms with Gasteiger partial charge in [0.2, 0.25) is 0 Å². The Kier molecular flexibility index (Phi) is 4.09. The molecule has 18 heavy (non-hydrogen) atoms. The molecule has 1 aromatic carbocycles. The summed E-state index contributed by atoms with van der Waals surface area (Å²) in [5.41, 5.74) is 1.78. The van der Waals surface area contributed by atoms with Gasteiger partial charge in [-0.25, -0.2) is 0 Å². The average molecular weight is 309 g/mol. The Labute approximate surface area is 113 Å². The fraction of sp³-hybridized carbons (Fsp3) is 0.250. The number of halogens is 1. The van der Waals surface area contributed by atoms with Gasteiger partial charge in [0.25, 0.3) is 5.91 Å². The Morgan fingerprint density at radius 2 is 2.11 bits per heavy atom. The third-order valence-corrected chi connectivity index (χ3v) is 3.23. The highest BCUT2D eigenvalue weighted by atomic mass is 79.9. The van der Waals surface area contributed by atoms with E-state index in [0.29, 0.717) is 12.1 Å². The van der Waals surface area contributed by atoms with Crippen molar-refractivity contribution >= 4 is 21.8 Å². The molecule has 0 atom stereocenters. The Morgan fingerprint density at radius 3 is 2.67 bits per heavy atom. The topological polar surface area (TPSA) is 59.8 Å². The van der Waals surface area contributed by atoms with Gasteiger partial charge in [0.1, 0.15) is 6.33 Å². The lowest BCUT2D eigenvalue weighted by molar-refractivity contribution is 0.0949. The molecule has 1 N–H and O–H groups in total. The number of hydrogen-bond acceptors (Lipinski definition) is 3. The number of nitrogens with one attached hydrogen (secondary N) is 1. The van der Waals surface area contributed by atoms with Gasteiger partial charge in [-0.05, 0) is 17.7 Å². The van der Waals surface area contributed by atoms with E-state index >= 15 is 0 Å². The molecule has 1 heterocycles. The maximum Gasteiger partial charge on any atom is 0.251 e. The third kappa shape index (κ3) is 2.95. The molecule has 0 spiro atoms. The molecule has 0 saturated carbocycles. The van der Waals surface area contributed by atoms with E-state index < -0.39 is 0 Å². The van der Waals surface area contributed by atoms with Crippen molar-refractivity contribution in [3.63, 3.8) is 0 Å². The molecule has 0 aliphatic carbocycles. The molecule has 1 amide bonds. The van der Waals surface area contributed by atoms with Crippen LogP contribution in [0, 0.1) is 0 Å². The SMILES string of the molecule is Cn1cnnc1CNC(=O)c1ccc(CBr)cc1. The number of carbonyl (C=O) groups is 1. The molecule has 1 aromatic heterocycles. The molecule has 2 aromatic rings. The first-order valence-corrected chi connectivity index (χ1v) is 6.59. The van der Waals surface area contributed by atoms with Gasteiger partial charge in [-0.1, -0.05) is 28.1 Å². The average Bonchev–Trinajstić information content (AvgIpc) is 2.81. The highest BCUT2D eigenvalue weighted by Crippen LogP contribution is 2.08. The first-order chi connectivity index (χ1) is 8.70. The minimum atomic E-state index is -0.112. The van der Waals surface area contributed by atoms with Crippen molar-refractivity contribution in [1.29, 1.82) is 0 Å². The zero-order valence-corrected chi connectivity index (χ0v) is 11.5. The minimum absolute atomic E-state index is 0.112. The van der Waals surface area contributed by atoms with Crippen molar-refractivity contribution in [3.05, 3.63) is 47.5 Å². The highest BCUT2D eigenvalue weighted by molar-refractivity contribution is 9.08. The fourth-order valence-corrected chi connectivity index (χ4v) is 1.85. The molecule has 2 rings (SSSR count). The van der Waals surface area contributed by atoms with E-state index in [9.17, 15) is 4.79 Å². The number of rotatable bonds is 4. The molecule has 0 aliphatic rings. The van der Waals surface area contributed by atoms with Crippen LogP contribution >= 0.6 is 15.9 Å². The van der Waals surface area contributed by atoms with Crippen molar-refractivity contribution in [3.8, 4) is 0 Å². The minimum Gasteiger partial charge on any atom is -0.345 e. The first-order valence-electron chi connectivity index (χ1n) is 5.46. The van der Waals surface area contributed by atoms with Crippen LogP contribution < -0.4 is 5.32 Å². The van der Waals surface area contributed by atoms with E-state index in [1.807, 2.05) is 31.3 Å². The van der Waals surface area contributed by atoms with Gasteiger partial charge in [-0.2, -0.15) is 0 Å². The zero-order valence-electron chi connectivity index (χ0n) is 9.93. The Hall–Kier alpha value is -1.69. The van der Waals surface area contributed by atoms with Crippen LogP contribution in [0.15, 0.2) is 30.6 Å². The van der Waals surface area contributed by atoms with E-state index in [4.69, 9.17) is 0 Å². The third-order valence-electron chi connectivity index (χ3n) is 2.58. The molecular weight excluding hydrogens is 296 g/mol. The molecule has 0 saturated heterocycles. The summed E-state index contributed by atoms with van der Waals surface area (Å²) in [6.07, 6.45) is 1.60. The van der Waals surface area contributed by atoms with Crippen molar-refractivity contribution in [2.75, 3.05) is 0 Å². The molecule has 0 aliphatic heterocycles. The predicted molar refractivity (Wildman–Crippen MR) is 71.2 cm³/mol. The predicted octanol–water partition coefficient (Wildman–Crippen LogP) is 1.64. The van der Waals surface area contributed by atoms with E-state index in [1.165, 1.54) is 0 Å². The number of aromatic nitrogens is 3. The van der Waals surface area contributed by atoms with E-state index in [-0.39, 0.29) is 5.91 Å². The number of hydrogen-bond donors (Lipinski definition) is 1. The summed E-state index contributed by atoms with van der Waals surface area (Å²) >= 11 is 3.37. The van der Waals surface area contributed by atoms with Crippen LogP contribution in [0.3, 0.4) is 0 Å². The number of alkyl halides is 1. The van der Waals surface area contributed by atoms with E-state index in [0.717, 1.165) is 16.7 Å². The second-order valence-corrected chi connectivity index (χ2v) is 4.43. The zero-order chi connectivity index (χ0) is 13.0. The van der Waals surface area contributed by atoms with Gasteiger partial charge in [-0.3, -0.25) is 4.79 Å². The first kappa shape index (κ1) is 12.8. The summed E-state index contributed by atoms with van der Waals surface area (Å²) in [7, 11) is 1.84. The molecule has 0 unspecified atom stereocenters. The fourth-order valence-electron chi connectivity index (χ4n) is 1.47. The quantitative estimate of drug-likeness (QED) is 0.874. The number of amides is 1. The van der Waals surface area contributed by atoms with E-state index in [1.54, 1.807) is 10.9 Å². The van der Waals surface area contributed by atoms with Gasteiger partial charge in [0.05, 0.1) is 6.54 Å². The van der Waals surface area contributed by atoms with Crippen molar-refractivity contribution < 1.29 is 4.79 Å². The summed E-state index contributed by atoms with van der Waals surface area (Å²) < 4.78 is 1.77. The van der Waals surface area contributed by atoms with Crippen LogP contribution in [-0.2, 0) is 18.9 Å². The molecule has 0 fully saturated rings. The summed E-state index contributed by atoms with van der Waals surface area (Å²) in [5.74, 6) is 0.611. The van der Waals surface area contributed by atoms with E-state index in [2.05, 4.69) is 31.4 Å². The van der Waals surface area contributed by atoms with Gasteiger partial charge >= 0.3 is 0 Å². The van der Waals surface area contributed by atoms with Crippen molar-refractivity contribution in [2.24, 2.45) is 7.05 Å². The Morgan fingerprint density at radius 1 is 1.39 bits per heavy atom. The van der Waals surface area contributed by atoms with Crippen LogP contribution in [0.1, 0.15) is 21.7 Å². The van der Waals surface area contributed by atoms with Crippen molar-refractivity contribution in [1.82, 2.24) is 20.1 Å². The second-order valence-electron chi connectivity index (χ2n) is 3.87. The number of nitrogens with zero attached hydrogens (tertiary/aromatic N) is 3. The smallest absolute Gasteiger partial charge is 0.251 e. The summed E-state index contributed by atoms with van der Waals surface area (Å²) in [6, 6.07) is 7.46. The molecule has 5 nitrogen and oxygen atoms in total. The van der Waals surface area contributed by atoms with Crippen LogP contribution in [-0.4, -0.2) is 20.7 Å². The maximum atomic E-state index is 11.9. The monoisotopic (exact) mass is 308 g/mol. The Balaban J connectivity index is 1.97. The number of aryl methyl sites for hydroxylation is 1. The van der Waals surface area contributed by atoms with Crippen LogP contribution in [0.2, 0.25) is 0 Å². The normalized spacial score (nSPS) is 10.3. The van der Waals surface area contributed by atoms with Crippen molar-refractivity contribution in [2.45, 2.75) is 11.9 Å². The number of carbonyl (C=O) groups excluding carboxylic acids is 1. The lowest BCUT2D eigenvalue weighted by atomic mass is 10.1. The Bertz CT molecular complexity index is 535. The van der Waals surface area contributed by atoms with Crippen LogP contribution in [0.25, 0.3) is 0 Å². The molecule has 94 valence electrons. The van der Waals surface area contributed by atoms with Gasteiger partial charge in [-0.15, -0.1) is 10.2 Å². The molecule has 0 radical (unpaired) electrons. The van der Waals surface area contributed by atoms with Gasteiger partial charge < -0.3 is 9.88 Å². The number of benzene rings is 1. The summed E-state index contributed by atoms with van der Waals surface area (Å²) in [6.45, 7) is 0.371. The standard InChI is InChI=1S/C12H13BrN4O/c1-17-8-15-16-11(17)7-14-12(18)10-4-2-9(6-13)3-5-10/h2-5,8H,6-7H2,1H3,(H,14,18). The second kappa shape index (κ2) is 5.77. The molecule has 6 heteroatoms.